The molecule has 0 aliphatic carbocycles. The highest BCUT2D eigenvalue weighted by Gasteiger charge is 2.11. The van der Waals surface area contributed by atoms with Crippen LogP contribution in [-0.2, 0) is 6.54 Å². The maximum atomic E-state index is 11.8. The van der Waals surface area contributed by atoms with Gasteiger partial charge in [-0.3, -0.25) is 4.79 Å². The lowest BCUT2D eigenvalue weighted by molar-refractivity contribution is 0.798. The van der Waals surface area contributed by atoms with Gasteiger partial charge in [-0.2, -0.15) is 0 Å². The van der Waals surface area contributed by atoms with Gasteiger partial charge in [-0.25, -0.2) is 0 Å². The van der Waals surface area contributed by atoms with E-state index in [0.29, 0.717) is 16.6 Å². The summed E-state index contributed by atoms with van der Waals surface area (Å²) in [5, 5.41) is 0.929. The van der Waals surface area contributed by atoms with Crippen molar-refractivity contribution in [2.45, 2.75) is 6.54 Å². The SMILES string of the molecule is O=c1ccn(Cc2ccccc2)c(-c2cccc(Cl)c2Cl)c1. The van der Waals surface area contributed by atoms with Crippen molar-refractivity contribution in [1.82, 2.24) is 4.57 Å². The molecule has 2 nitrogen and oxygen atoms in total. The maximum Gasteiger partial charge on any atom is 0.182 e. The van der Waals surface area contributed by atoms with Crippen molar-refractivity contribution in [3.63, 3.8) is 0 Å². The lowest BCUT2D eigenvalue weighted by Gasteiger charge is -2.15. The third-order valence-corrected chi connectivity index (χ3v) is 4.25. The molecular formula is C18H13Cl2NO. The van der Waals surface area contributed by atoms with Gasteiger partial charge in [-0.1, -0.05) is 65.7 Å². The van der Waals surface area contributed by atoms with Crippen molar-refractivity contribution in [2.24, 2.45) is 0 Å². The van der Waals surface area contributed by atoms with Gasteiger partial charge in [0.1, 0.15) is 0 Å². The number of halogens is 2. The van der Waals surface area contributed by atoms with Crippen molar-refractivity contribution in [3.8, 4) is 11.3 Å². The van der Waals surface area contributed by atoms with E-state index in [1.54, 1.807) is 24.4 Å². The molecule has 0 atom stereocenters. The zero-order valence-electron chi connectivity index (χ0n) is 11.7. The van der Waals surface area contributed by atoms with Crippen LogP contribution >= 0.6 is 23.2 Å². The van der Waals surface area contributed by atoms with E-state index in [1.165, 1.54) is 0 Å². The lowest BCUT2D eigenvalue weighted by atomic mass is 10.1. The molecule has 0 fully saturated rings. The molecule has 3 rings (SSSR count). The average Bonchev–Trinajstić information content (AvgIpc) is 2.53. The molecule has 0 aliphatic rings. The number of hydrogen-bond donors (Lipinski definition) is 0. The fourth-order valence-corrected chi connectivity index (χ4v) is 2.76. The summed E-state index contributed by atoms with van der Waals surface area (Å²) in [7, 11) is 0. The van der Waals surface area contributed by atoms with Crippen LogP contribution in [0.3, 0.4) is 0 Å². The first-order chi connectivity index (χ1) is 10.6. The van der Waals surface area contributed by atoms with E-state index in [4.69, 9.17) is 23.2 Å². The van der Waals surface area contributed by atoms with Crippen molar-refractivity contribution in [1.29, 1.82) is 0 Å². The molecule has 1 aromatic heterocycles. The second-order valence-electron chi connectivity index (χ2n) is 4.96. The minimum atomic E-state index is -0.0599. The molecule has 0 radical (unpaired) electrons. The highest BCUT2D eigenvalue weighted by molar-refractivity contribution is 6.43. The summed E-state index contributed by atoms with van der Waals surface area (Å²) >= 11 is 12.4. The first-order valence-electron chi connectivity index (χ1n) is 6.84. The number of pyridine rings is 1. The van der Waals surface area contributed by atoms with Gasteiger partial charge < -0.3 is 4.57 Å². The molecule has 2 aromatic carbocycles. The Labute approximate surface area is 138 Å². The van der Waals surface area contributed by atoms with Crippen molar-refractivity contribution in [3.05, 3.63) is 92.7 Å². The predicted molar refractivity (Wildman–Crippen MR) is 91.7 cm³/mol. The van der Waals surface area contributed by atoms with E-state index in [2.05, 4.69) is 0 Å². The Hall–Kier alpha value is -2.03. The smallest absolute Gasteiger partial charge is 0.182 e. The fourth-order valence-electron chi connectivity index (χ4n) is 2.36. The van der Waals surface area contributed by atoms with Crippen LogP contribution in [0.25, 0.3) is 11.3 Å². The van der Waals surface area contributed by atoms with Crippen LogP contribution in [0.4, 0.5) is 0 Å². The largest absolute Gasteiger partial charge is 0.343 e. The summed E-state index contributed by atoms with van der Waals surface area (Å²) in [6.07, 6.45) is 1.78. The molecule has 3 aromatic rings. The average molecular weight is 330 g/mol. The molecule has 1 heterocycles. The Morgan fingerprint density at radius 1 is 0.909 bits per heavy atom. The topological polar surface area (TPSA) is 22.0 Å². The minimum absolute atomic E-state index is 0.0599. The molecular weight excluding hydrogens is 317 g/mol. The van der Waals surface area contributed by atoms with Crippen LogP contribution in [0, 0.1) is 0 Å². The Morgan fingerprint density at radius 3 is 2.45 bits per heavy atom. The van der Waals surface area contributed by atoms with Gasteiger partial charge in [0.05, 0.1) is 15.7 Å². The summed E-state index contributed by atoms with van der Waals surface area (Å²) in [6.45, 7) is 0.652. The third kappa shape index (κ3) is 3.08. The Kier molecular flexibility index (Phi) is 4.32. The minimum Gasteiger partial charge on any atom is -0.343 e. The quantitative estimate of drug-likeness (QED) is 0.671. The van der Waals surface area contributed by atoms with Gasteiger partial charge in [-0.05, 0) is 11.6 Å². The molecule has 0 spiro atoms. The Bertz CT molecular complexity index is 856. The van der Waals surface area contributed by atoms with Crippen molar-refractivity contribution < 1.29 is 0 Å². The number of hydrogen-bond acceptors (Lipinski definition) is 1. The molecule has 0 amide bonds. The summed E-state index contributed by atoms with van der Waals surface area (Å²) in [5.74, 6) is 0. The summed E-state index contributed by atoms with van der Waals surface area (Å²) in [4.78, 5) is 11.8. The lowest BCUT2D eigenvalue weighted by Crippen LogP contribution is -2.09. The normalized spacial score (nSPS) is 10.6. The van der Waals surface area contributed by atoms with Crippen LogP contribution < -0.4 is 5.43 Å². The van der Waals surface area contributed by atoms with Gasteiger partial charge in [0.2, 0.25) is 0 Å². The number of aromatic nitrogens is 1. The van der Waals surface area contributed by atoms with E-state index in [9.17, 15) is 4.79 Å². The van der Waals surface area contributed by atoms with Crippen LogP contribution in [0.15, 0.2) is 71.7 Å². The first kappa shape index (κ1) is 14.9. The van der Waals surface area contributed by atoms with Crippen LogP contribution in [0.5, 0.6) is 0 Å². The molecule has 0 saturated carbocycles. The molecule has 0 N–H and O–H groups in total. The molecule has 110 valence electrons. The summed E-state index contributed by atoms with van der Waals surface area (Å²) in [5.41, 5.74) is 2.59. The second-order valence-corrected chi connectivity index (χ2v) is 5.75. The zero-order chi connectivity index (χ0) is 15.5. The highest BCUT2D eigenvalue weighted by atomic mass is 35.5. The van der Waals surface area contributed by atoms with E-state index in [-0.39, 0.29) is 5.43 Å². The molecule has 0 aliphatic heterocycles. The van der Waals surface area contributed by atoms with E-state index >= 15 is 0 Å². The molecule has 22 heavy (non-hydrogen) atoms. The van der Waals surface area contributed by atoms with Crippen molar-refractivity contribution >= 4 is 23.2 Å². The van der Waals surface area contributed by atoms with Gasteiger partial charge in [0, 0.05) is 30.4 Å². The Balaban J connectivity index is 2.13. The molecule has 0 saturated heterocycles. The third-order valence-electron chi connectivity index (χ3n) is 3.43. The monoisotopic (exact) mass is 329 g/mol. The summed E-state index contributed by atoms with van der Waals surface area (Å²) in [6, 6.07) is 18.6. The fraction of sp³-hybridized carbons (Fsp3) is 0.0556. The van der Waals surface area contributed by atoms with Crippen LogP contribution in [0.2, 0.25) is 10.0 Å². The number of rotatable bonds is 3. The maximum absolute atomic E-state index is 11.8. The molecule has 4 heteroatoms. The zero-order valence-corrected chi connectivity index (χ0v) is 13.2. The molecule has 0 unspecified atom stereocenters. The molecule has 0 bridgehead atoms. The van der Waals surface area contributed by atoms with E-state index in [1.807, 2.05) is 47.0 Å². The number of nitrogens with zero attached hydrogens (tertiary/aromatic N) is 1. The van der Waals surface area contributed by atoms with Gasteiger partial charge >= 0.3 is 0 Å². The van der Waals surface area contributed by atoms with Gasteiger partial charge in [0.25, 0.3) is 0 Å². The predicted octanol–water partition coefficient (Wildman–Crippen LogP) is 4.87. The van der Waals surface area contributed by atoms with Crippen molar-refractivity contribution in [2.75, 3.05) is 0 Å². The summed E-state index contributed by atoms with van der Waals surface area (Å²) < 4.78 is 1.99. The van der Waals surface area contributed by atoms with Crippen LogP contribution in [-0.4, -0.2) is 4.57 Å². The highest BCUT2D eigenvalue weighted by Crippen LogP contribution is 2.33. The first-order valence-corrected chi connectivity index (χ1v) is 7.59. The van der Waals surface area contributed by atoms with Gasteiger partial charge in [-0.15, -0.1) is 0 Å². The van der Waals surface area contributed by atoms with E-state index < -0.39 is 0 Å². The standard InChI is InChI=1S/C18H13Cl2NO/c19-16-8-4-7-15(18(16)20)17-11-14(22)9-10-21(17)12-13-5-2-1-3-6-13/h1-11H,12H2. The number of benzene rings is 2. The second kappa shape index (κ2) is 6.39. The Morgan fingerprint density at radius 2 is 1.68 bits per heavy atom. The van der Waals surface area contributed by atoms with Gasteiger partial charge in [0.15, 0.2) is 5.43 Å². The van der Waals surface area contributed by atoms with Crippen LogP contribution in [0.1, 0.15) is 5.56 Å². The van der Waals surface area contributed by atoms with E-state index in [0.717, 1.165) is 16.8 Å².